The van der Waals surface area contributed by atoms with E-state index in [4.69, 9.17) is 0 Å². The van der Waals surface area contributed by atoms with Gasteiger partial charge >= 0.3 is 0 Å². The van der Waals surface area contributed by atoms with Crippen LogP contribution < -0.4 is 4.72 Å². The summed E-state index contributed by atoms with van der Waals surface area (Å²) in [5.41, 5.74) is 1.47. The Kier molecular flexibility index (Phi) is 3.93. The summed E-state index contributed by atoms with van der Waals surface area (Å²) >= 11 is 0. The fourth-order valence-electron chi connectivity index (χ4n) is 1.30. The van der Waals surface area contributed by atoms with Crippen LogP contribution in [0.4, 0.5) is 0 Å². The smallest absolute Gasteiger partial charge is 0.264 e. The highest BCUT2D eigenvalue weighted by atomic mass is 32.2. The first-order chi connectivity index (χ1) is 7.74. The second kappa shape index (κ2) is 4.87. The lowest BCUT2D eigenvalue weighted by Gasteiger charge is -2.11. The minimum absolute atomic E-state index is 0.159. The van der Waals surface area contributed by atoms with Crippen molar-refractivity contribution in [2.24, 2.45) is 5.92 Å². The normalized spacial score (nSPS) is 11.6. The van der Waals surface area contributed by atoms with Gasteiger partial charge in [-0.3, -0.25) is 4.79 Å². The largest absolute Gasteiger partial charge is 0.274 e. The average molecular weight is 255 g/mol. The molecule has 1 N–H and O–H groups in total. The predicted octanol–water partition coefficient (Wildman–Crippen LogP) is 1.76. The Labute approximate surface area is 102 Å². The highest BCUT2D eigenvalue weighted by molar-refractivity contribution is 7.90. The molecular weight excluding hydrogens is 238 g/mol. The van der Waals surface area contributed by atoms with E-state index in [-0.39, 0.29) is 10.8 Å². The summed E-state index contributed by atoms with van der Waals surface area (Å²) < 4.78 is 26.0. The summed E-state index contributed by atoms with van der Waals surface area (Å²) in [6, 6.07) is 5.12. The average Bonchev–Trinajstić information content (AvgIpc) is 2.20. The molecule has 0 aromatic heterocycles. The number of hydrogen-bond donors (Lipinski definition) is 1. The molecule has 17 heavy (non-hydrogen) atoms. The van der Waals surface area contributed by atoms with Gasteiger partial charge in [0.25, 0.3) is 10.0 Å². The van der Waals surface area contributed by atoms with E-state index in [0.29, 0.717) is 5.56 Å². The van der Waals surface area contributed by atoms with Crippen molar-refractivity contribution in [3.63, 3.8) is 0 Å². The van der Waals surface area contributed by atoms with Crippen molar-refractivity contribution in [1.29, 1.82) is 0 Å². The van der Waals surface area contributed by atoms with Gasteiger partial charge in [-0.1, -0.05) is 26.0 Å². The summed E-state index contributed by atoms with van der Waals surface area (Å²) in [7, 11) is -3.76. The molecule has 0 spiro atoms. The number of hydrogen-bond acceptors (Lipinski definition) is 3. The first-order valence-corrected chi connectivity index (χ1v) is 6.86. The Balaban J connectivity index is 3.14. The number of aryl methyl sites for hydroxylation is 2. The highest BCUT2D eigenvalue weighted by Crippen LogP contribution is 2.16. The minimum atomic E-state index is -3.76. The molecule has 1 aromatic carbocycles. The Hall–Kier alpha value is -1.36. The quantitative estimate of drug-likeness (QED) is 0.895. The molecule has 1 aromatic rings. The van der Waals surface area contributed by atoms with Crippen molar-refractivity contribution in [3.05, 3.63) is 29.3 Å². The van der Waals surface area contributed by atoms with E-state index >= 15 is 0 Å². The molecule has 0 unspecified atom stereocenters. The molecule has 0 saturated heterocycles. The number of amides is 1. The predicted molar refractivity (Wildman–Crippen MR) is 66.1 cm³/mol. The lowest BCUT2D eigenvalue weighted by molar-refractivity contribution is -0.122. The van der Waals surface area contributed by atoms with E-state index < -0.39 is 15.9 Å². The SMILES string of the molecule is Cc1ccc(C)c(S(=O)(=O)NC(=O)C(C)C)c1. The molecule has 0 atom stereocenters. The van der Waals surface area contributed by atoms with Gasteiger partial charge in [0.05, 0.1) is 4.90 Å². The van der Waals surface area contributed by atoms with Gasteiger partial charge in [-0.15, -0.1) is 0 Å². The van der Waals surface area contributed by atoms with Gasteiger partial charge in [-0.25, -0.2) is 13.1 Å². The molecule has 0 aliphatic rings. The van der Waals surface area contributed by atoms with Crippen LogP contribution in [0.3, 0.4) is 0 Å². The van der Waals surface area contributed by atoms with Crippen LogP contribution in [0.25, 0.3) is 0 Å². The number of benzene rings is 1. The van der Waals surface area contributed by atoms with Crippen molar-refractivity contribution >= 4 is 15.9 Å². The highest BCUT2D eigenvalue weighted by Gasteiger charge is 2.21. The third kappa shape index (κ3) is 3.30. The van der Waals surface area contributed by atoms with Crippen LogP contribution in [-0.2, 0) is 14.8 Å². The molecular formula is C12H17NO3S. The lowest BCUT2D eigenvalue weighted by Crippen LogP contribution is -2.34. The van der Waals surface area contributed by atoms with Crippen LogP contribution in [0.2, 0.25) is 0 Å². The molecule has 0 bridgehead atoms. The number of carbonyl (C=O) groups is 1. The standard InChI is InChI=1S/C12H17NO3S/c1-8(2)12(14)13-17(15,16)11-7-9(3)5-6-10(11)4/h5-8H,1-4H3,(H,13,14). The van der Waals surface area contributed by atoms with Gasteiger partial charge in [0.15, 0.2) is 0 Å². The maximum absolute atomic E-state index is 12.0. The second-order valence-corrected chi connectivity index (χ2v) is 6.04. The number of rotatable bonds is 3. The number of nitrogens with one attached hydrogen (secondary N) is 1. The van der Waals surface area contributed by atoms with Crippen molar-refractivity contribution in [1.82, 2.24) is 4.72 Å². The van der Waals surface area contributed by atoms with Crippen LogP contribution in [0.1, 0.15) is 25.0 Å². The van der Waals surface area contributed by atoms with E-state index in [1.165, 1.54) is 0 Å². The molecule has 0 aliphatic heterocycles. The molecule has 5 heteroatoms. The van der Waals surface area contributed by atoms with Crippen LogP contribution in [0.15, 0.2) is 23.1 Å². The second-order valence-electron chi connectivity index (χ2n) is 4.39. The summed E-state index contributed by atoms with van der Waals surface area (Å²) in [5, 5.41) is 0. The molecule has 94 valence electrons. The monoisotopic (exact) mass is 255 g/mol. The molecule has 1 rings (SSSR count). The Bertz CT molecular complexity index is 533. The Morgan fingerprint density at radius 3 is 2.35 bits per heavy atom. The molecule has 0 saturated carbocycles. The fraction of sp³-hybridized carbons (Fsp3) is 0.417. The topological polar surface area (TPSA) is 63.2 Å². The zero-order valence-electron chi connectivity index (χ0n) is 10.4. The van der Waals surface area contributed by atoms with E-state index in [1.54, 1.807) is 32.9 Å². The molecule has 0 heterocycles. The van der Waals surface area contributed by atoms with E-state index in [9.17, 15) is 13.2 Å². The van der Waals surface area contributed by atoms with Gasteiger partial charge in [-0.2, -0.15) is 0 Å². The van der Waals surface area contributed by atoms with Gasteiger partial charge in [0.2, 0.25) is 5.91 Å². The third-order valence-electron chi connectivity index (χ3n) is 2.39. The van der Waals surface area contributed by atoms with Crippen molar-refractivity contribution in [3.8, 4) is 0 Å². The first kappa shape index (κ1) is 13.7. The van der Waals surface area contributed by atoms with Crippen LogP contribution in [0.5, 0.6) is 0 Å². The van der Waals surface area contributed by atoms with Gasteiger partial charge in [0.1, 0.15) is 0 Å². The van der Waals surface area contributed by atoms with Gasteiger partial charge in [-0.05, 0) is 31.0 Å². The number of carbonyl (C=O) groups excluding carboxylic acids is 1. The van der Waals surface area contributed by atoms with Crippen molar-refractivity contribution in [2.75, 3.05) is 0 Å². The Morgan fingerprint density at radius 1 is 1.24 bits per heavy atom. The summed E-state index contributed by atoms with van der Waals surface area (Å²) in [5.74, 6) is -0.860. The van der Waals surface area contributed by atoms with E-state index in [0.717, 1.165) is 5.56 Å². The molecule has 0 aliphatic carbocycles. The Morgan fingerprint density at radius 2 is 1.82 bits per heavy atom. The van der Waals surface area contributed by atoms with Crippen molar-refractivity contribution in [2.45, 2.75) is 32.6 Å². The van der Waals surface area contributed by atoms with Crippen LogP contribution in [-0.4, -0.2) is 14.3 Å². The zero-order chi connectivity index (χ0) is 13.2. The van der Waals surface area contributed by atoms with Gasteiger partial charge < -0.3 is 0 Å². The maximum Gasteiger partial charge on any atom is 0.264 e. The molecule has 0 radical (unpaired) electrons. The molecule has 4 nitrogen and oxygen atoms in total. The number of sulfonamides is 1. The molecule has 0 fully saturated rings. The summed E-state index contributed by atoms with van der Waals surface area (Å²) in [6.07, 6.45) is 0. The molecule has 1 amide bonds. The lowest BCUT2D eigenvalue weighted by atomic mass is 10.2. The summed E-state index contributed by atoms with van der Waals surface area (Å²) in [6.45, 7) is 6.80. The first-order valence-electron chi connectivity index (χ1n) is 5.38. The van der Waals surface area contributed by atoms with Gasteiger partial charge in [0, 0.05) is 5.92 Å². The van der Waals surface area contributed by atoms with E-state index in [1.807, 2.05) is 13.0 Å². The fourth-order valence-corrected chi connectivity index (χ4v) is 2.75. The maximum atomic E-state index is 12.0. The van der Waals surface area contributed by atoms with E-state index in [2.05, 4.69) is 4.72 Å². The van der Waals surface area contributed by atoms with Crippen LogP contribution in [0, 0.1) is 19.8 Å². The van der Waals surface area contributed by atoms with Crippen LogP contribution >= 0.6 is 0 Å². The third-order valence-corrected chi connectivity index (χ3v) is 3.88. The minimum Gasteiger partial charge on any atom is -0.274 e. The van der Waals surface area contributed by atoms with Crippen molar-refractivity contribution < 1.29 is 13.2 Å². The summed E-state index contributed by atoms with van der Waals surface area (Å²) in [4.78, 5) is 11.6. The zero-order valence-corrected chi connectivity index (χ0v) is 11.3.